The van der Waals surface area contributed by atoms with Gasteiger partial charge in [0.25, 0.3) is 5.91 Å². The second-order valence-electron chi connectivity index (χ2n) is 6.75. The van der Waals surface area contributed by atoms with Crippen molar-refractivity contribution in [3.8, 4) is 0 Å². The van der Waals surface area contributed by atoms with Gasteiger partial charge in [0.05, 0.1) is 17.1 Å². The molecule has 0 aliphatic rings. The summed E-state index contributed by atoms with van der Waals surface area (Å²) in [5.74, 6) is -1.04. The number of thiophene rings is 1. The molecule has 0 bridgehead atoms. The van der Waals surface area contributed by atoms with E-state index in [0.29, 0.717) is 16.9 Å². The quantitative estimate of drug-likeness (QED) is 0.455. The second kappa shape index (κ2) is 9.63. The Balaban J connectivity index is 1.76. The Kier molecular flexibility index (Phi) is 7.11. The van der Waals surface area contributed by atoms with E-state index in [1.165, 1.54) is 43.6 Å². The molecule has 0 atom stereocenters. The minimum atomic E-state index is -3.67. The fourth-order valence-corrected chi connectivity index (χ4v) is 4.62. The number of aryl methyl sites for hydroxylation is 1. The van der Waals surface area contributed by atoms with Crippen LogP contribution >= 0.6 is 11.3 Å². The molecule has 0 spiro atoms. The number of nitrogens with one attached hydrogen (secondary N) is 1. The first kappa shape index (κ1) is 23.6. The summed E-state index contributed by atoms with van der Waals surface area (Å²) >= 11 is 1.28. The predicted octanol–water partition coefficient (Wildman–Crippen LogP) is 1.55. The SMILES string of the molecule is CCOC(=O)c1cc(CC)sc1NC(=O)COn1nnc2ccc(S(=O)(=O)N(C)C)cc21. The molecule has 172 valence electrons. The number of benzene rings is 1. The first-order valence-electron chi connectivity index (χ1n) is 9.68. The Morgan fingerprint density at radius 3 is 2.62 bits per heavy atom. The zero-order chi connectivity index (χ0) is 23.5. The molecule has 1 N–H and O–H groups in total. The zero-order valence-corrected chi connectivity index (χ0v) is 19.6. The molecule has 0 unspecified atom stereocenters. The van der Waals surface area contributed by atoms with Crippen molar-refractivity contribution in [2.45, 2.75) is 25.2 Å². The minimum absolute atomic E-state index is 0.0383. The first-order valence-corrected chi connectivity index (χ1v) is 11.9. The lowest BCUT2D eigenvalue weighted by atomic mass is 10.2. The van der Waals surface area contributed by atoms with Crippen molar-refractivity contribution in [2.75, 3.05) is 32.6 Å². The zero-order valence-electron chi connectivity index (χ0n) is 18.0. The van der Waals surface area contributed by atoms with Gasteiger partial charge in [-0.15, -0.1) is 16.4 Å². The number of hydrogen-bond donors (Lipinski definition) is 1. The summed E-state index contributed by atoms with van der Waals surface area (Å²) in [4.78, 5) is 32.0. The molecule has 0 aliphatic carbocycles. The monoisotopic (exact) mass is 481 g/mol. The fourth-order valence-electron chi connectivity index (χ4n) is 2.70. The van der Waals surface area contributed by atoms with E-state index < -0.39 is 28.5 Å². The number of sulfonamides is 1. The molecule has 0 saturated carbocycles. The summed E-state index contributed by atoms with van der Waals surface area (Å²) in [6, 6.07) is 5.98. The molecule has 2 aromatic heterocycles. The van der Waals surface area contributed by atoms with Crippen LogP contribution < -0.4 is 10.2 Å². The lowest BCUT2D eigenvalue weighted by Crippen LogP contribution is -2.26. The Morgan fingerprint density at radius 2 is 1.97 bits per heavy atom. The van der Waals surface area contributed by atoms with Crippen LogP contribution in [0.2, 0.25) is 0 Å². The van der Waals surface area contributed by atoms with Gasteiger partial charge >= 0.3 is 5.97 Å². The number of amides is 1. The van der Waals surface area contributed by atoms with Crippen LogP contribution in [0.25, 0.3) is 11.0 Å². The maximum absolute atomic E-state index is 12.4. The molecule has 2 heterocycles. The van der Waals surface area contributed by atoms with Gasteiger partial charge in [-0.05, 0) is 42.8 Å². The van der Waals surface area contributed by atoms with Crippen molar-refractivity contribution < 1.29 is 27.6 Å². The van der Waals surface area contributed by atoms with Crippen molar-refractivity contribution in [3.63, 3.8) is 0 Å². The molecule has 32 heavy (non-hydrogen) atoms. The van der Waals surface area contributed by atoms with Gasteiger partial charge in [-0.25, -0.2) is 17.5 Å². The average Bonchev–Trinajstić information content (AvgIpc) is 3.35. The predicted molar refractivity (Wildman–Crippen MR) is 118 cm³/mol. The molecule has 1 aromatic carbocycles. The Morgan fingerprint density at radius 1 is 1.22 bits per heavy atom. The van der Waals surface area contributed by atoms with Gasteiger partial charge in [-0.2, -0.15) is 0 Å². The third-order valence-corrected chi connectivity index (χ3v) is 7.37. The highest BCUT2D eigenvalue weighted by molar-refractivity contribution is 7.89. The molecular weight excluding hydrogens is 458 g/mol. The third-order valence-electron chi connectivity index (χ3n) is 4.36. The lowest BCUT2D eigenvalue weighted by molar-refractivity contribution is -0.121. The number of esters is 1. The Labute approximate surface area is 188 Å². The number of aromatic nitrogens is 3. The van der Waals surface area contributed by atoms with Crippen LogP contribution in [-0.2, 0) is 26.0 Å². The highest BCUT2D eigenvalue weighted by atomic mass is 32.2. The molecular formula is C19H23N5O6S2. The fraction of sp³-hybridized carbons (Fsp3) is 0.368. The van der Waals surface area contributed by atoms with E-state index in [0.717, 1.165) is 14.0 Å². The number of carbonyl (C=O) groups excluding carboxylic acids is 2. The second-order valence-corrected chi connectivity index (χ2v) is 10.0. The van der Waals surface area contributed by atoms with Crippen molar-refractivity contribution in [2.24, 2.45) is 0 Å². The average molecular weight is 482 g/mol. The summed E-state index contributed by atoms with van der Waals surface area (Å²) in [5.41, 5.74) is 0.975. The van der Waals surface area contributed by atoms with Gasteiger partial charge in [0, 0.05) is 19.0 Å². The highest BCUT2D eigenvalue weighted by Crippen LogP contribution is 2.29. The Hall–Kier alpha value is -3.03. The molecule has 1 amide bonds. The molecule has 0 fully saturated rings. The number of anilines is 1. The van der Waals surface area contributed by atoms with Crippen LogP contribution in [-0.4, -0.2) is 67.1 Å². The van der Waals surface area contributed by atoms with Gasteiger partial charge in [-0.1, -0.05) is 11.8 Å². The van der Waals surface area contributed by atoms with Crippen molar-refractivity contribution in [1.29, 1.82) is 0 Å². The van der Waals surface area contributed by atoms with Crippen LogP contribution in [0.5, 0.6) is 0 Å². The molecule has 0 saturated heterocycles. The van der Waals surface area contributed by atoms with Gasteiger partial charge in [0.15, 0.2) is 6.61 Å². The van der Waals surface area contributed by atoms with Crippen molar-refractivity contribution >= 4 is 49.3 Å². The van der Waals surface area contributed by atoms with Crippen LogP contribution in [0, 0.1) is 0 Å². The lowest BCUT2D eigenvalue weighted by Gasteiger charge is -2.11. The van der Waals surface area contributed by atoms with Gasteiger partial charge in [0.2, 0.25) is 10.0 Å². The van der Waals surface area contributed by atoms with Crippen LogP contribution in [0.3, 0.4) is 0 Å². The number of hydrogen-bond acceptors (Lipinski definition) is 9. The van der Waals surface area contributed by atoms with Gasteiger partial charge in [-0.3, -0.25) is 4.79 Å². The van der Waals surface area contributed by atoms with Gasteiger partial charge in [0.1, 0.15) is 16.0 Å². The maximum atomic E-state index is 12.4. The topological polar surface area (TPSA) is 133 Å². The smallest absolute Gasteiger partial charge is 0.341 e. The van der Waals surface area contributed by atoms with Crippen molar-refractivity contribution in [3.05, 3.63) is 34.7 Å². The summed E-state index contributed by atoms with van der Waals surface area (Å²) in [6.45, 7) is 3.42. The molecule has 0 aliphatic heterocycles. The number of nitrogens with zero attached hydrogens (tertiary/aromatic N) is 4. The maximum Gasteiger partial charge on any atom is 0.341 e. The molecule has 11 nitrogen and oxygen atoms in total. The van der Waals surface area contributed by atoms with E-state index in [1.807, 2.05) is 6.92 Å². The third kappa shape index (κ3) is 4.89. The van der Waals surface area contributed by atoms with E-state index in [4.69, 9.17) is 9.57 Å². The number of rotatable bonds is 9. The normalized spacial score (nSPS) is 11.7. The van der Waals surface area contributed by atoms with E-state index in [9.17, 15) is 18.0 Å². The van der Waals surface area contributed by atoms with E-state index in [1.54, 1.807) is 13.0 Å². The van der Waals surface area contributed by atoms with Crippen LogP contribution in [0.4, 0.5) is 5.00 Å². The highest BCUT2D eigenvalue weighted by Gasteiger charge is 2.21. The van der Waals surface area contributed by atoms with Crippen molar-refractivity contribution in [1.82, 2.24) is 19.5 Å². The van der Waals surface area contributed by atoms with Crippen LogP contribution in [0.15, 0.2) is 29.2 Å². The van der Waals surface area contributed by atoms with E-state index in [2.05, 4.69) is 15.6 Å². The molecule has 0 radical (unpaired) electrons. The summed E-state index contributed by atoms with van der Waals surface area (Å²) in [7, 11) is -0.815. The molecule has 13 heteroatoms. The summed E-state index contributed by atoms with van der Waals surface area (Å²) < 4.78 is 30.9. The minimum Gasteiger partial charge on any atom is -0.462 e. The molecule has 3 rings (SSSR count). The Bertz CT molecular complexity index is 1250. The summed E-state index contributed by atoms with van der Waals surface area (Å²) in [5, 5.41) is 10.8. The van der Waals surface area contributed by atoms with E-state index >= 15 is 0 Å². The van der Waals surface area contributed by atoms with Crippen LogP contribution in [0.1, 0.15) is 29.1 Å². The number of carbonyl (C=O) groups is 2. The number of fused-ring (bicyclic) bond motifs is 1. The largest absolute Gasteiger partial charge is 0.462 e. The first-order chi connectivity index (χ1) is 15.2. The molecule has 3 aromatic rings. The standard InChI is InChI=1S/C19H23N5O6S2/c1-5-12-9-14(19(26)29-6-2)18(31-12)20-17(25)11-30-24-16-10-13(32(27,28)23(3)4)7-8-15(16)21-22-24/h7-10H,5-6,11H2,1-4H3,(H,20,25). The number of ether oxygens (including phenoxy) is 1. The van der Waals surface area contributed by atoms with Gasteiger partial charge < -0.3 is 14.9 Å². The summed E-state index contributed by atoms with van der Waals surface area (Å²) in [6.07, 6.45) is 0.701. The van der Waals surface area contributed by atoms with E-state index in [-0.39, 0.29) is 22.6 Å².